The van der Waals surface area contributed by atoms with E-state index in [9.17, 15) is 9.90 Å². The third kappa shape index (κ3) is 2.95. The first-order valence-electron chi connectivity index (χ1n) is 7.90. The number of carbonyl (C=O) groups excluding carboxylic acids is 1. The van der Waals surface area contributed by atoms with Gasteiger partial charge in [0, 0.05) is 25.4 Å². The second-order valence-electron chi connectivity index (χ2n) is 6.60. The van der Waals surface area contributed by atoms with E-state index in [1.807, 2.05) is 4.90 Å². The predicted molar refractivity (Wildman–Crippen MR) is 73.6 cm³/mol. The molecular formula is C15H26N2O2. The Bertz CT molecular complexity index is 328. The molecule has 3 atom stereocenters. The van der Waals surface area contributed by atoms with Gasteiger partial charge in [-0.1, -0.05) is 0 Å². The van der Waals surface area contributed by atoms with E-state index in [1.54, 1.807) is 0 Å². The number of hydrogen-bond acceptors (Lipinski definition) is 3. The van der Waals surface area contributed by atoms with Crippen molar-refractivity contribution in [1.82, 2.24) is 10.2 Å². The monoisotopic (exact) mass is 266 g/mol. The fraction of sp³-hybridized carbons (Fsp3) is 0.933. The topological polar surface area (TPSA) is 52.6 Å². The van der Waals surface area contributed by atoms with Crippen LogP contribution in [0.5, 0.6) is 0 Å². The van der Waals surface area contributed by atoms with Crippen molar-refractivity contribution in [2.75, 3.05) is 26.2 Å². The van der Waals surface area contributed by atoms with Crippen LogP contribution in [-0.4, -0.2) is 48.2 Å². The molecule has 2 saturated heterocycles. The number of rotatable bonds is 3. The van der Waals surface area contributed by atoms with Crippen molar-refractivity contribution >= 4 is 5.91 Å². The van der Waals surface area contributed by atoms with E-state index in [0.717, 1.165) is 51.4 Å². The summed E-state index contributed by atoms with van der Waals surface area (Å²) in [5.74, 6) is 1.98. The van der Waals surface area contributed by atoms with Gasteiger partial charge in [-0.2, -0.15) is 0 Å². The first-order chi connectivity index (χ1) is 9.24. The maximum Gasteiger partial charge on any atom is 0.222 e. The zero-order valence-corrected chi connectivity index (χ0v) is 11.7. The van der Waals surface area contributed by atoms with Gasteiger partial charge in [0.25, 0.3) is 0 Å². The fourth-order valence-corrected chi connectivity index (χ4v) is 4.10. The van der Waals surface area contributed by atoms with Gasteiger partial charge in [-0.25, -0.2) is 0 Å². The van der Waals surface area contributed by atoms with Gasteiger partial charge in [0.1, 0.15) is 0 Å². The third-order valence-corrected chi connectivity index (χ3v) is 5.40. The van der Waals surface area contributed by atoms with E-state index in [-0.39, 0.29) is 6.10 Å². The summed E-state index contributed by atoms with van der Waals surface area (Å²) >= 11 is 0. The SMILES string of the molecule is O=C(CCC1CCNCC1)N1CC2CCC(O)C2C1. The number of nitrogens with one attached hydrogen (secondary N) is 1. The van der Waals surface area contributed by atoms with Crippen LogP contribution >= 0.6 is 0 Å². The average molecular weight is 266 g/mol. The summed E-state index contributed by atoms with van der Waals surface area (Å²) in [7, 11) is 0. The Morgan fingerprint density at radius 3 is 2.68 bits per heavy atom. The lowest BCUT2D eigenvalue weighted by molar-refractivity contribution is -0.131. The molecule has 3 rings (SSSR count). The largest absolute Gasteiger partial charge is 0.393 e. The minimum Gasteiger partial charge on any atom is -0.393 e. The summed E-state index contributed by atoms with van der Waals surface area (Å²) in [4.78, 5) is 14.3. The van der Waals surface area contributed by atoms with Crippen LogP contribution in [0.1, 0.15) is 38.5 Å². The van der Waals surface area contributed by atoms with Crippen molar-refractivity contribution in [3.63, 3.8) is 0 Å². The number of nitrogens with zero attached hydrogens (tertiary/aromatic N) is 1. The van der Waals surface area contributed by atoms with E-state index < -0.39 is 0 Å². The molecule has 1 aliphatic carbocycles. The standard InChI is InChI=1S/C15H26N2O2/c18-14-3-2-12-9-17(10-13(12)14)15(19)4-1-11-5-7-16-8-6-11/h11-14,16,18H,1-10H2. The molecule has 4 heteroatoms. The number of hydrogen-bond donors (Lipinski definition) is 2. The number of piperidine rings is 1. The van der Waals surface area contributed by atoms with Crippen LogP contribution < -0.4 is 5.32 Å². The van der Waals surface area contributed by atoms with Crippen LogP contribution in [0.25, 0.3) is 0 Å². The van der Waals surface area contributed by atoms with Gasteiger partial charge in [0.2, 0.25) is 5.91 Å². The molecule has 0 aromatic carbocycles. The molecule has 0 aromatic rings. The Labute approximate surface area is 115 Å². The summed E-state index contributed by atoms with van der Waals surface area (Å²) in [6.07, 6.45) is 6.08. The molecule has 108 valence electrons. The van der Waals surface area contributed by atoms with Crippen molar-refractivity contribution in [1.29, 1.82) is 0 Å². The van der Waals surface area contributed by atoms with Crippen molar-refractivity contribution in [3.8, 4) is 0 Å². The molecule has 0 bridgehead atoms. The quantitative estimate of drug-likeness (QED) is 0.801. The zero-order chi connectivity index (χ0) is 13.2. The minimum absolute atomic E-state index is 0.160. The van der Waals surface area contributed by atoms with Gasteiger partial charge in [0.15, 0.2) is 0 Å². The molecule has 1 amide bonds. The molecule has 19 heavy (non-hydrogen) atoms. The van der Waals surface area contributed by atoms with Gasteiger partial charge < -0.3 is 15.3 Å². The lowest BCUT2D eigenvalue weighted by Crippen LogP contribution is -2.32. The van der Waals surface area contributed by atoms with Crippen molar-refractivity contribution in [3.05, 3.63) is 0 Å². The van der Waals surface area contributed by atoms with E-state index in [1.165, 1.54) is 12.8 Å². The second-order valence-corrected chi connectivity index (χ2v) is 6.60. The summed E-state index contributed by atoms with van der Waals surface area (Å²) < 4.78 is 0. The van der Waals surface area contributed by atoms with Crippen LogP contribution in [0.3, 0.4) is 0 Å². The summed E-state index contributed by atoms with van der Waals surface area (Å²) in [5.41, 5.74) is 0. The minimum atomic E-state index is -0.160. The van der Waals surface area contributed by atoms with E-state index in [4.69, 9.17) is 0 Å². The summed E-state index contributed by atoms with van der Waals surface area (Å²) in [6, 6.07) is 0. The Morgan fingerprint density at radius 1 is 1.16 bits per heavy atom. The van der Waals surface area contributed by atoms with Crippen molar-refractivity contribution < 1.29 is 9.90 Å². The highest BCUT2D eigenvalue weighted by Crippen LogP contribution is 2.38. The van der Waals surface area contributed by atoms with E-state index >= 15 is 0 Å². The molecular weight excluding hydrogens is 240 g/mol. The lowest BCUT2D eigenvalue weighted by Gasteiger charge is -2.24. The van der Waals surface area contributed by atoms with Gasteiger partial charge in [-0.05, 0) is 57.0 Å². The molecule has 2 heterocycles. The molecule has 0 radical (unpaired) electrons. The lowest BCUT2D eigenvalue weighted by atomic mass is 9.93. The van der Waals surface area contributed by atoms with Crippen LogP contribution in [0, 0.1) is 17.8 Å². The number of likely N-dealkylation sites (tertiary alicyclic amines) is 1. The zero-order valence-electron chi connectivity index (χ0n) is 11.7. The molecule has 1 saturated carbocycles. The van der Waals surface area contributed by atoms with Crippen molar-refractivity contribution in [2.45, 2.75) is 44.6 Å². The number of carbonyl (C=O) groups is 1. The van der Waals surface area contributed by atoms with Crippen LogP contribution in [-0.2, 0) is 4.79 Å². The molecule has 2 aliphatic heterocycles. The number of fused-ring (bicyclic) bond motifs is 1. The smallest absolute Gasteiger partial charge is 0.222 e. The first kappa shape index (κ1) is 13.4. The van der Waals surface area contributed by atoms with Crippen LogP contribution in [0.2, 0.25) is 0 Å². The Morgan fingerprint density at radius 2 is 1.95 bits per heavy atom. The van der Waals surface area contributed by atoms with Gasteiger partial charge in [-0.15, -0.1) is 0 Å². The van der Waals surface area contributed by atoms with E-state index in [2.05, 4.69) is 5.32 Å². The highest BCUT2D eigenvalue weighted by molar-refractivity contribution is 5.76. The molecule has 3 fully saturated rings. The molecule has 0 aromatic heterocycles. The van der Waals surface area contributed by atoms with Gasteiger partial charge in [0.05, 0.1) is 6.10 Å². The molecule has 3 unspecified atom stereocenters. The van der Waals surface area contributed by atoms with Crippen molar-refractivity contribution in [2.24, 2.45) is 17.8 Å². The Balaban J connectivity index is 1.44. The summed E-state index contributed by atoms with van der Waals surface area (Å²) in [6.45, 7) is 3.92. The average Bonchev–Trinajstić information content (AvgIpc) is 3.00. The predicted octanol–water partition coefficient (Wildman–Crippen LogP) is 0.995. The molecule has 4 nitrogen and oxygen atoms in total. The molecule has 3 aliphatic rings. The summed E-state index contributed by atoms with van der Waals surface area (Å²) in [5, 5.41) is 13.3. The maximum absolute atomic E-state index is 12.3. The number of amides is 1. The Hall–Kier alpha value is -0.610. The number of aliphatic hydroxyl groups is 1. The highest BCUT2D eigenvalue weighted by atomic mass is 16.3. The van der Waals surface area contributed by atoms with E-state index in [0.29, 0.717) is 24.2 Å². The number of aliphatic hydroxyl groups excluding tert-OH is 1. The Kier molecular flexibility index (Phi) is 4.08. The van der Waals surface area contributed by atoms with Crippen LogP contribution in [0.15, 0.2) is 0 Å². The normalized spacial score (nSPS) is 35.6. The molecule has 0 spiro atoms. The van der Waals surface area contributed by atoms with Crippen LogP contribution in [0.4, 0.5) is 0 Å². The highest BCUT2D eigenvalue weighted by Gasteiger charge is 2.43. The first-order valence-corrected chi connectivity index (χ1v) is 7.90. The van der Waals surface area contributed by atoms with Gasteiger partial charge in [-0.3, -0.25) is 4.79 Å². The molecule has 2 N–H and O–H groups in total. The second kappa shape index (κ2) is 5.80. The van der Waals surface area contributed by atoms with Gasteiger partial charge >= 0.3 is 0 Å². The third-order valence-electron chi connectivity index (χ3n) is 5.40. The fourth-order valence-electron chi connectivity index (χ4n) is 4.10. The maximum atomic E-state index is 12.3.